The smallest absolute Gasteiger partial charge is 0.406 e. The number of rotatable bonds is 15. The first-order chi connectivity index (χ1) is 26.3. The molecule has 0 radical (unpaired) electrons. The predicted molar refractivity (Wildman–Crippen MR) is 219 cm³/mol. The standard InChI is InChI=1S/C41H43N5O6P2/c1-51-40(49)42-19-5-9-37(47)53-36-8-4-3-7-34(45-36)32-17-15-28-21-26(11-13-30(28)23-32)27-12-14-31-24-33(18-16-29(31)22-27)35-25-44-39(46-35)54-38(48)10-6-20-43-41(50)52-2/h7,11-18,21-25,53-54H,3-6,8-10,19-20H2,1-2H3,(H,42,49)(H,43,50)(H,44,46). The zero-order valence-corrected chi connectivity index (χ0v) is 32.3. The van der Waals surface area contributed by atoms with Crippen molar-refractivity contribution in [2.75, 3.05) is 27.3 Å². The number of nitrogens with zero attached hydrogens (tertiary/aromatic N) is 2. The first kappa shape index (κ1) is 38.5. The highest BCUT2D eigenvalue weighted by Crippen LogP contribution is 2.33. The molecule has 0 fully saturated rings. The number of aromatic nitrogens is 2. The number of carbonyl (C=O) groups is 4. The van der Waals surface area contributed by atoms with Gasteiger partial charge in [-0.3, -0.25) is 14.6 Å². The summed E-state index contributed by atoms with van der Waals surface area (Å²) >= 11 is 0. The van der Waals surface area contributed by atoms with Crippen molar-refractivity contribution in [2.45, 2.75) is 44.9 Å². The van der Waals surface area contributed by atoms with Crippen molar-refractivity contribution in [3.8, 4) is 22.4 Å². The van der Waals surface area contributed by atoms with Gasteiger partial charge in [0.2, 0.25) is 0 Å². The summed E-state index contributed by atoms with van der Waals surface area (Å²) in [5.41, 5.74) is 7.86. The SMILES string of the molecule is COC(=O)NCCCC(=O)PC1=NC(c2ccc3cc(-c4ccc5cc(-c6cnc(PC(=O)CCCNC(=O)OC)[nH]6)ccc5c4)ccc3c2)=CCCC1. The molecule has 2 amide bonds. The van der Waals surface area contributed by atoms with Crippen LogP contribution in [0.1, 0.15) is 50.5 Å². The van der Waals surface area contributed by atoms with Crippen LogP contribution in [0.3, 0.4) is 0 Å². The molecule has 11 nitrogen and oxygen atoms in total. The Hall–Kier alpha value is -5.24. The Morgan fingerprint density at radius 2 is 1.22 bits per heavy atom. The number of allylic oxidation sites excluding steroid dienone is 1. The number of amides is 2. The maximum absolute atomic E-state index is 12.7. The fraction of sp³-hybridized carbons (Fsp3) is 0.268. The van der Waals surface area contributed by atoms with Gasteiger partial charge in [-0.15, -0.1) is 0 Å². The lowest BCUT2D eigenvalue weighted by Crippen LogP contribution is -2.24. The van der Waals surface area contributed by atoms with Gasteiger partial charge in [0.1, 0.15) is 5.57 Å². The summed E-state index contributed by atoms with van der Waals surface area (Å²) in [5.74, 6) is 0. The Morgan fingerprint density at radius 3 is 1.81 bits per heavy atom. The highest BCUT2D eigenvalue weighted by Gasteiger charge is 2.14. The summed E-state index contributed by atoms with van der Waals surface area (Å²) in [5, 5.41) is 9.68. The Bertz CT molecular complexity index is 2250. The predicted octanol–water partition coefficient (Wildman–Crippen LogP) is 8.28. The van der Waals surface area contributed by atoms with E-state index >= 15 is 0 Å². The molecule has 13 heteroatoms. The molecule has 1 aliphatic rings. The Kier molecular flexibility index (Phi) is 13.3. The summed E-state index contributed by atoms with van der Waals surface area (Å²) in [4.78, 5) is 60.2. The van der Waals surface area contributed by atoms with Crippen molar-refractivity contribution in [1.29, 1.82) is 0 Å². The summed E-state index contributed by atoms with van der Waals surface area (Å²) in [6.45, 7) is 0.794. The largest absolute Gasteiger partial charge is 0.453 e. The number of hydrogen-bond donors (Lipinski definition) is 3. The number of imidazole rings is 1. The normalized spacial score (nSPS) is 13.2. The van der Waals surface area contributed by atoms with Crippen molar-refractivity contribution in [3.63, 3.8) is 0 Å². The van der Waals surface area contributed by atoms with E-state index in [2.05, 4.69) is 109 Å². The molecule has 5 aromatic rings. The molecular weight excluding hydrogens is 720 g/mol. The molecule has 2 atom stereocenters. The van der Waals surface area contributed by atoms with Crippen LogP contribution in [0, 0.1) is 0 Å². The molecule has 0 saturated carbocycles. The molecule has 2 heterocycles. The Balaban J connectivity index is 1.09. The van der Waals surface area contributed by atoms with E-state index in [0.29, 0.717) is 44.3 Å². The van der Waals surface area contributed by atoms with E-state index < -0.39 is 12.2 Å². The molecule has 278 valence electrons. The number of alkyl carbamates (subject to hydrolysis) is 2. The lowest BCUT2D eigenvalue weighted by Gasteiger charge is -2.10. The monoisotopic (exact) mass is 763 g/mol. The average Bonchev–Trinajstić information content (AvgIpc) is 3.53. The number of H-pyrrole nitrogens is 1. The van der Waals surface area contributed by atoms with Crippen LogP contribution in [0.25, 0.3) is 49.6 Å². The van der Waals surface area contributed by atoms with Crippen LogP contribution < -0.4 is 16.2 Å². The van der Waals surface area contributed by atoms with Gasteiger partial charge < -0.3 is 25.1 Å². The Labute approximate surface area is 317 Å². The number of benzene rings is 4. The molecule has 3 N–H and O–H groups in total. The topological polar surface area (TPSA) is 152 Å². The fourth-order valence-corrected chi connectivity index (χ4v) is 8.17. The minimum atomic E-state index is -0.500. The minimum Gasteiger partial charge on any atom is -0.453 e. The third kappa shape index (κ3) is 10.5. The number of nitrogens with one attached hydrogen (secondary N) is 3. The van der Waals surface area contributed by atoms with Crippen LogP contribution in [0.15, 0.2) is 90.1 Å². The number of methoxy groups -OCH3 is 2. The summed E-state index contributed by atoms with van der Waals surface area (Å²) in [7, 11) is 2.58. The van der Waals surface area contributed by atoms with Crippen LogP contribution in [-0.4, -0.2) is 66.0 Å². The van der Waals surface area contributed by atoms with E-state index in [1.165, 1.54) is 14.2 Å². The van der Waals surface area contributed by atoms with Crippen molar-refractivity contribution >= 4 is 78.7 Å². The molecule has 1 aliphatic heterocycles. The first-order valence-electron chi connectivity index (χ1n) is 17.9. The van der Waals surface area contributed by atoms with E-state index in [-0.39, 0.29) is 28.2 Å². The van der Waals surface area contributed by atoms with Crippen LogP contribution in [-0.2, 0) is 19.1 Å². The van der Waals surface area contributed by atoms with E-state index in [1.54, 1.807) is 6.20 Å². The number of aromatic amines is 1. The van der Waals surface area contributed by atoms with Gasteiger partial charge in [-0.1, -0.05) is 54.6 Å². The number of fused-ring (bicyclic) bond motifs is 2. The third-order valence-electron chi connectivity index (χ3n) is 9.02. The molecule has 0 aliphatic carbocycles. The highest BCUT2D eigenvalue weighted by molar-refractivity contribution is 7.74. The minimum absolute atomic E-state index is 0.0335. The summed E-state index contributed by atoms with van der Waals surface area (Å²) in [6.07, 6.45) is 7.51. The zero-order chi connectivity index (χ0) is 37.9. The van der Waals surface area contributed by atoms with Crippen LogP contribution in [0.2, 0.25) is 0 Å². The molecule has 1 aromatic heterocycles. The van der Waals surface area contributed by atoms with Gasteiger partial charge in [0.15, 0.2) is 11.0 Å². The second-order valence-corrected chi connectivity index (χ2v) is 15.5. The molecule has 2 unspecified atom stereocenters. The van der Waals surface area contributed by atoms with E-state index in [9.17, 15) is 19.2 Å². The van der Waals surface area contributed by atoms with Crippen LogP contribution in [0.5, 0.6) is 0 Å². The maximum atomic E-state index is 12.7. The quantitative estimate of drug-likeness (QED) is 0.0717. The lowest BCUT2D eigenvalue weighted by atomic mass is 9.96. The lowest BCUT2D eigenvalue weighted by molar-refractivity contribution is -0.112. The third-order valence-corrected chi connectivity index (χ3v) is 11.2. The van der Waals surface area contributed by atoms with Gasteiger partial charge in [0.25, 0.3) is 0 Å². The van der Waals surface area contributed by atoms with Gasteiger partial charge in [0, 0.05) is 51.1 Å². The highest BCUT2D eigenvalue weighted by atomic mass is 31.1. The van der Waals surface area contributed by atoms with Crippen molar-refractivity contribution in [2.24, 2.45) is 4.99 Å². The molecule has 0 saturated heterocycles. The molecule has 0 spiro atoms. The number of ether oxygens (including phenoxy) is 2. The Morgan fingerprint density at radius 1 is 0.704 bits per heavy atom. The van der Waals surface area contributed by atoms with Crippen molar-refractivity contribution in [1.82, 2.24) is 20.6 Å². The van der Waals surface area contributed by atoms with E-state index in [1.807, 2.05) is 0 Å². The van der Waals surface area contributed by atoms with Gasteiger partial charge in [-0.25, -0.2) is 14.6 Å². The molecular formula is C41H43N5O6P2. The van der Waals surface area contributed by atoms with Crippen molar-refractivity contribution < 1.29 is 28.7 Å². The van der Waals surface area contributed by atoms with Crippen LogP contribution in [0.4, 0.5) is 9.59 Å². The van der Waals surface area contributed by atoms with Crippen LogP contribution >= 0.6 is 17.2 Å². The molecule has 54 heavy (non-hydrogen) atoms. The first-order valence-corrected chi connectivity index (χ1v) is 19.9. The zero-order valence-electron chi connectivity index (χ0n) is 30.3. The van der Waals surface area contributed by atoms with E-state index in [0.717, 1.165) is 79.9 Å². The number of carbonyl (C=O) groups excluding carboxylic acids is 4. The van der Waals surface area contributed by atoms with Gasteiger partial charge in [-0.2, -0.15) is 0 Å². The van der Waals surface area contributed by atoms with E-state index in [4.69, 9.17) is 4.99 Å². The van der Waals surface area contributed by atoms with Gasteiger partial charge >= 0.3 is 12.2 Å². The molecule has 6 rings (SSSR count). The van der Waals surface area contributed by atoms with Crippen molar-refractivity contribution in [3.05, 3.63) is 90.6 Å². The second kappa shape index (κ2) is 18.7. The summed E-state index contributed by atoms with van der Waals surface area (Å²) < 4.78 is 9.12. The fourth-order valence-electron chi connectivity index (χ4n) is 6.18. The van der Waals surface area contributed by atoms with Gasteiger partial charge in [0.05, 0.1) is 31.8 Å². The average molecular weight is 764 g/mol. The summed E-state index contributed by atoms with van der Waals surface area (Å²) in [6, 6.07) is 25.7. The second-order valence-electron chi connectivity index (χ2n) is 12.9. The molecule has 0 bridgehead atoms. The number of hydrogen-bond acceptors (Lipinski definition) is 8. The maximum Gasteiger partial charge on any atom is 0.406 e. The van der Waals surface area contributed by atoms with Gasteiger partial charge in [-0.05, 0) is 97.6 Å². The molecule has 4 aromatic carbocycles. The number of aliphatic imine (C=N–C) groups is 1.